The molecule has 0 aromatic heterocycles. The molecule has 0 aliphatic heterocycles. The van der Waals surface area contributed by atoms with Crippen molar-refractivity contribution in [3.05, 3.63) is 64.5 Å². The minimum absolute atomic E-state index is 0.109. The highest BCUT2D eigenvalue weighted by atomic mass is 19.1. The normalized spacial score (nSPS) is 11.5. The van der Waals surface area contributed by atoms with E-state index in [4.69, 9.17) is 10.9 Å². The van der Waals surface area contributed by atoms with Gasteiger partial charge < -0.3 is 16.3 Å². The van der Waals surface area contributed by atoms with Gasteiger partial charge in [0.15, 0.2) is 5.84 Å². The van der Waals surface area contributed by atoms with Crippen LogP contribution in [-0.2, 0) is 6.54 Å². The van der Waals surface area contributed by atoms with Gasteiger partial charge >= 0.3 is 0 Å². The molecule has 0 aliphatic carbocycles. The molecule has 110 valence electrons. The maximum atomic E-state index is 13.5. The van der Waals surface area contributed by atoms with Crippen molar-refractivity contribution in [2.24, 2.45) is 10.9 Å². The molecule has 0 amide bonds. The van der Waals surface area contributed by atoms with Crippen LogP contribution in [-0.4, -0.2) is 11.0 Å². The number of anilines is 1. The Hall–Kier alpha value is -2.56. The highest BCUT2D eigenvalue weighted by Gasteiger charge is 2.05. The number of aryl methyl sites for hydroxylation is 2. The van der Waals surface area contributed by atoms with E-state index in [9.17, 15) is 4.39 Å². The Balaban J connectivity index is 2.16. The first kappa shape index (κ1) is 14.8. The molecule has 5 heteroatoms. The number of oxime groups is 1. The Bertz CT molecular complexity index is 683. The number of halogens is 1. The standard InChI is InChI=1S/C16H18FN3O/c1-10-3-4-15(5-11(10)2)19-9-12-6-13(16(18)20-21)8-14(17)7-12/h3-8,19,21H,9H2,1-2H3,(H2,18,20). The summed E-state index contributed by atoms with van der Waals surface area (Å²) in [6.07, 6.45) is 0. The van der Waals surface area contributed by atoms with Gasteiger partial charge in [0.25, 0.3) is 0 Å². The lowest BCUT2D eigenvalue weighted by Gasteiger charge is -2.10. The van der Waals surface area contributed by atoms with E-state index in [2.05, 4.69) is 17.4 Å². The molecule has 21 heavy (non-hydrogen) atoms. The molecule has 0 saturated heterocycles. The predicted molar refractivity (Wildman–Crippen MR) is 82.2 cm³/mol. The van der Waals surface area contributed by atoms with E-state index < -0.39 is 5.82 Å². The number of hydrogen-bond acceptors (Lipinski definition) is 3. The van der Waals surface area contributed by atoms with Crippen molar-refractivity contribution in [2.75, 3.05) is 5.32 Å². The van der Waals surface area contributed by atoms with Crippen molar-refractivity contribution in [3.8, 4) is 0 Å². The summed E-state index contributed by atoms with van der Waals surface area (Å²) >= 11 is 0. The van der Waals surface area contributed by atoms with E-state index in [-0.39, 0.29) is 5.84 Å². The summed E-state index contributed by atoms with van der Waals surface area (Å²) in [7, 11) is 0. The smallest absolute Gasteiger partial charge is 0.170 e. The molecular weight excluding hydrogens is 269 g/mol. The van der Waals surface area contributed by atoms with Crippen LogP contribution in [0.1, 0.15) is 22.3 Å². The molecular formula is C16H18FN3O. The molecule has 4 N–H and O–H groups in total. The lowest BCUT2D eigenvalue weighted by molar-refractivity contribution is 0.318. The maximum absolute atomic E-state index is 13.5. The fourth-order valence-electron chi connectivity index (χ4n) is 2.01. The summed E-state index contributed by atoms with van der Waals surface area (Å²) in [6.45, 7) is 4.54. The van der Waals surface area contributed by atoms with Crippen LogP contribution in [0.25, 0.3) is 0 Å². The number of nitrogens with two attached hydrogens (primary N) is 1. The Kier molecular flexibility index (Phi) is 4.42. The maximum Gasteiger partial charge on any atom is 0.170 e. The summed E-state index contributed by atoms with van der Waals surface area (Å²) in [5.41, 5.74) is 9.94. The first-order valence-corrected chi connectivity index (χ1v) is 6.58. The van der Waals surface area contributed by atoms with Crippen LogP contribution in [0.4, 0.5) is 10.1 Å². The zero-order valence-electron chi connectivity index (χ0n) is 12.0. The molecule has 0 aliphatic rings. The van der Waals surface area contributed by atoms with Crippen molar-refractivity contribution in [3.63, 3.8) is 0 Å². The van der Waals surface area contributed by atoms with Gasteiger partial charge in [0.1, 0.15) is 5.82 Å². The van der Waals surface area contributed by atoms with E-state index in [1.54, 1.807) is 6.07 Å². The van der Waals surface area contributed by atoms with Crippen LogP contribution >= 0.6 is 0 Å². The molecule has 2 rings (SSSR count). The zero-order valence-corrected chi connectivity index (χ0v) is 12.0. The minimum atomic E-state index is -0.420. The van der Waals surface area contributed by atoms with Crippen LogP contribution in [0.3, 0.4) is 0 Å². The van der Waals surface area contributed by atoms with Crippen molar-refractivity contribution < 1.29 is 9.60 Å². The van der Waals surface area contributed by atoms with Gasteiger partial charge in [0.2, 0.25) is 0 Å². The molecule has 0 bridgehead atoms. The topological polar surface area (TPSA) is 70.6 Å². The Morgan fingerprint density at radius 2 is 1.95 bits per heavy atom. The first-order valence-electron chi connectivity index (χ1n) is 6.58. The highest BCUT2D eigenvalue weighted by molar-refractivity contribution is 5.97. The van der Waals surface area contributed by atoms with Crippen molar-refractivity contribution in [1.29, 1.82) is 0 Å². The number of nitrogens with zero attached hydrogens (tertiary/aromatic N) is 1. The second-order valence-corrected chi connectivity index (χ2v) is 4.99. The van der Waals surface area contributed by atoms with Crippen molar-refractivity contribution >= 4 is 11.5 Å². The summed E-state index contributed by atoms with van der Waals surface area (Å²) in [5, 5.41) is 14.8. The third-order valence-electron chi connectivity index (χ3n) is 3.36. The van der Waals surface area contributed by atoms with Gasteiger partial charge in [0.05, 0.1) is 0 Å². The first-order chi connectivity index (χ1) is 9.99. The fraction of sp³-hybridized carbons (Fsp3) is 0.188. The number of rotatable bonds is 4. The van der Waals surface area contributed by atoms with Gasteiger partial charge in [-0.05, 0) is 60.9 Å². The molecule has 0 radical (unpaired) electrons. The minimum Gasteiger partial charge on any atom is -0.409 e. The summed E-state index contributed by atoms with van der Waals surface area (Å²) in [6, 6.07) is 10.4. The number of benzene rings is 2. The molecule has 0 saturated carbocycles. The Labute approximate surface area is 123 Å². The monoisotopic (exact) mass is 287 g/mol. The average molecular weight is 287 g/mol. The Morgan fingerprint density at radius 1 is 1.19 bits per heavy atom. The summed E-state index contributed by atoms with van der Waals surface area (Å²) in [4.78, 5) is 0. The van der Waals surface area contributed by atoms with Crippen LogP contribution in [0.5, 0.6) is 0 Å². The molecule has 0 heterocycles. The number of amidine groups is 1. The third kappa shape index (κ3) is 3.72. The molecule has 0 atom stereocenters. The SMILES string of the molecule is Cc1ccc(NCc2cc(F)cc(/C(N)=N/O)c2)cc1C. The van der Waals surface area contributed by atoms with E-state index in [0.29, 0.717) is 12.1 Å². The largest absolute Gasteiger partial charge is 0.409 e. The quantitative estimate of drug-likeness (QED) is 0.350. The fourth-order valence-corrected chi connectivity index (χ4v) is 2.01. The molecule has 0 spiro atoms. The van der Waals surface area contributed by atoms with Gasteiger partial charge in [-0.15, -0.1) is 0 Å². The zero-order chi connectivity index (χ0) is 15.4. The van der Waals surface area contributed by atoms with E-state index in [1.165, 1.54) is 23.3 Å². The van der Waals surface area contributed by atoms with Crippen LogP contribution in [0, 0.1) is 19.7 Å². The van der Waals surface area contributed by atoms with Gasteiger partial charge in [-0.3, -0.25) is 0 Å². The van der Waals surface area contributed by atoms with Crippen LogP contribution in [0.15, 0.2) is 41.6 Å². The predicted octanol–water partition coefficient (Wildman–Crippen LogP) is 3.15. The summed E-state index contributed by atoms with van der Waals surface area (Å²) in [5.74, 6) is -0.530. The number of hydrogen-bond donors (Lipinski definition) is 3. The Morgan fingerprint density at radius 3 is 2.62 bits per heavy atom. The third-order valence-corrected chi connectivity index (χ3v) is 3.36. The van der Waals surface area contributed by atoms with E-state index >= 15 is 0 Å². The van der Waals surface area contributed by atoms with E-state index in [1.807, 2.05) is 25.1 Å². The molecule has 0 unspecified atom stereocenters. The molecule has 0 fully saturated rings. The van der Waals surface area contributed by atoms with Gasteiger partial charge in [-0.1, -0.05) is 11.2 Å². The van der Waals surface area contributed by atoms with Crippen molar-refractivity contribution in [2.45, 2.75) is 20.4 Å². The van der Waals surface area contributed by atoms with Crippen LogP contribution in [0.2, 0.25) is 0 Å². The average Bonchev–Trinajstić information content (AvgIpc) is 2.47. The van der Waals surface area contributed by atoms with Gasteiger partial charge in [-0.2, -0.15) is 0 Å². The van der Waals surface area contributed by atoms with Gasteiger partial charge in [-0.25, -0.2) is 4.39 Å². The van der Waals surface area contributed by atoms with Gasteiger partial charge in [0, 0.05) is 17.8 Å². The molecule has 2 aromatic rings. The molecule has 4 nitrogen and oxygen atoms in total. The lowest BCUT2D eigenvalue weighted by atomic mass is 10.1. The molecule has 2 aromatic carbocycles. The highest BCUT2D eigenvalue weighted by Crippen LogP contribution is 2.16. The van der Waals surface area contributed by atoms with E-state index in [0.717, 1.165) is 11.3 Å². The second kappa shape index (κ2) is 6.26. The lowest BCUT2D eigenvalue weighted by Crippen LogP contribution is -2.14. The van der Waals surface area contributed by atoms with Crippen molar-refractivity contribution in [1.82, 2.24) is 0 Å². The van der Waals surface area contributed by atoms with Crippen LogP contribution < -0.4 is 11.1 Å². The summed E-state index contributed by atoms with van der Waals surface area (Å²) < 4.78 is 13.5. The second-order valence-electron chi connectivity index (χ2n) is 4.99. The number of nitrogens with one attached hydrogen (secondary N) is 1.